The summed E-state index contributed by atoms with van der Waals surface area (Å²) in [6.07, 6.45) is 3.99. The molecule has 1 fully saturated rings. The molecule has 0 aromatic carbocycles. The minimum Gasteiger partial charge on any atom is -0.481 e. The Balaban J connectivity index is 2.02. The predicted octanol–water partition coefficient (Wildman–Crippen LogP) is 2.23. The molecule has 0 spiro atoms. The zero-order valence-electron chi connectivity index (χ0n) is 11.9. The Labute approximate surface area is 122 Å². The number of hydrogen-bond donors (Lipinski definition) is 2. The summed E-state index contributed by atoms with van der Waals surface area (Å²) in [4.78, 5) is 26.9. The van der Waals surface area contributed by atoms with Gasteiger partial charge < -0.3 is 10.4 Å². The number of carboxylic acids is 1. The molecule has 1 saturated carbocycles. The highest BCUT2D eigenvalue weighted by Gasteiger charge is 2.41. The monoisotopic (exact) mass is 294 g/mol. The highest BCUT2D eigenvalue weighted by atomic mass is 19.1. The van der Waals surface area contributed by atoms with Gasteiger partial charge in [0.25, 0.3) is 5.91 Å². The maximum atomic E-state index is 13.0. The molecule has 1 heterocycles. The zero-order valence-corrected chi connectivity index (χ0v) is 11.9. The third-order valence-corrected chi connectivity index (χ3v) is 4.26. The van der Waals surface area contributed by atoms with E-state index in [1.807, 2.05) is 0 Å². The van der Waals surface area contributed by atoms with Crippen molar-refractivity contribution < 1.29 is 19.1 Å². The number of rotatable bonds is 4. The number of aromatic nitrogens is 1. The van der Waals surface area contributed by atoms with Crippen molar-refractivity contribution in [3.8, 4) is 0 Å². The molecule has 5 nitrogen and oxygen atoms in total. The zero-order chi connectivity index (χ0) is 15.5. The second-order valence-corrected chi connectivity index (χ2v) is 5.82. The lowest BCUT2D eigenvalue weighted by Crippen LogP contribution is -2.45. The molecular weight excluding hydrogens is 275 g/mol. The molecule has 6 heteroatoms. The summed E-state index contributed by atoms with van der Waals surface area (Å²) in [6.45, 7) is 2.17. The Morgan fingerprint density at radius 1 is 1.48 bits per heavy atom. The van der Waals surface area contributed by atoms with Crippen LogP contribution in [-0.2, 0) is 4.79 Å². The van der Waals surface area contributed by atoms with Gasteiger partial charge in [-0.15, -0.1) is 0 Å². The summed E-state index contributed by atoms with van der Waals surface area (Å²) in [6, 6.07) is 2.43. The van der Waals surface area contributed by atoms with E-state index in [1.165, 1.54) is 12.3 Å². The second kappa shape index (κ2) is 6.20. The molecule has 0 aliphatic heterocycles. The van der Waals surface area contributed by atoms with E-state index in [4.69, 9.17) is 0 Å². The van der Waals surface area contributed by atoms with Crippen molar-refractivity contribution >= 4 is 11.9 Å². The molecule has 2 N–H and O–H groups in total. The van der Waals surface area contributed by atoms with Crippen LogP contribution in [0.2, 0.25) is 0 Å². The quantitative estimate of drug-likeness (QED) is 0.835. The average molecular weight is 294 g/mol. The lowest BCUT2D eigenvalue weighted by atomic mass is 9.71. The fraction of sp³-hybridized carbons (Fsp3) is 0.533. The number of nitrogens with zero attached hydrogens (tertiary/aromatic N) is 1. The standard InChI is InChI=1S/C15H19FN2O3/c1-10-2-5-15(6-3-10,14(20)21)9-18-13(19)11-4-7-17-12(16)8-11/h4,7-8,10H,2-3,5-6,9H2,1H3,(H,18,19)(H,20,21). The Kier molecular flexibility index (Phi) is 4.55. The van der Waals surface area contributed by atoms with Gasteiger partial charge in [0.05, 0.1) is 5.41 Å². The maximum absolute atomic E-state index is 13.0. The van der Waals surface area contributed by atoms with E-state index < -0.39 is 23.2 Å². The number of carboxylic acid groups (broad SMARTS) is 1. The number of pyridine rings is 1. The molecule has 1 aliphatic carbocycles. The van der Waals surface area contributed by atoms with E-state index in [0.717, 1.165) is 18.9 Å². The Bertz CT molecular complexity index is 539. The summed E-state index contributed by atoms with van der Waals surface area (Å²) in [5.41, 5.74) is -0.763. The van der Waals surface area contributed by atoms with Gasteiger partial charge in [-0.2, -0.15) is 4.39 Å². The molecule has 114 valence electrons. The number of halogens is 1. The minimum absolute atomic E-state index is 0.0673. The maximum Gasteiger partial charge on any atom is 0.311 e. The van der Waals surface area contributed by atoms with Crippen molar-refractivity contribution in [3.63, 3.8) is 0 Å². The number of carbonyl (C=O) groups excluding carboxylic acids is 1. The molecule has 0 atom stereocenters. The van der Waals surface area contributed by atoms with Gasteiger partial charge in [0.1, 0.15) is 0 Å². The molecule has 0 radical (unpaired) electrons. The highest BCUT2D eigenvalue weighted by Crippen LogP contribution is 2.38. The first kappa shape index (κ1) is 15.4. The van der Waals surface area contributed by atoms with Gasteiger partial charge >= 0.3 is 5.97 Å². The van der Waals surface area contributed by atoms with Crippen LogP contribution < -0.4 is 5.32 Å². The van der Waals surface area contributed by atoms with Gasteiger partial charge in [0, 0.05) is 24.4 Å². The molecule has 1 aliphatic rings. The topological polar surface area (TPSA) is 79.3 Å². The largest absolute Gasteiger partial charge is 0.481 e. The molecule has 1 amide bonds. The number of aliphatic carboxylic acids is 1. The van der Waals surface area contributed by atoms with Gasteiger partial charge in [0.2, 0.25) is 5.95 Å². The van der Waals surface area contributed by atoms with Crippen LogP contribution in [0.4, 0.5) is 4.39 Å². The molecular formula is C15H19FN2O3. The smallest absolute Gasteiger partial charge is 0.311 e. The third kappa shape index (κ3) is 3.56. The first-order chi connectivity index (χ1) is 9.93. The Hall–Kier alpha value is -1.98. The van der Waals surface area contributed by atoms with Gasteiger partial charge in [-0.3, -0.25) is 9.59 Å². The van der Waals surface area contributed by atoms with Gasteiger partial charge in [-0.05, 0) is 37.7 Å². The predicted molar refractivity (Wildman–Crippen MR) is 74.2 cm³/mol. The summed E-state index contributed by atoms with van der Waals surface area (Å²) < 4.78 is 13.0. The van der Waals surface area contributed by atoms with E-state index in [0.29, 0.717) is 18.8 Å². The van der Waals surface area contributed by atoms with Crippen LogP contribution in [0, 0.1) is 17.3 Å². The lowest BCUT2D eigenvalue weighted by molar-refractivity contribution is -0.151. The average Bonchev–Trinajstić information content (AvgIpc) is 2.46. The Morgan fingerprint density at radius 2 is 2.14 bits per heavy atom. The van der Waals surface area contributed by atoms with Crippen LogP contribution in [0.15, 0.2) is 18.3 Å². The van der Waals surface area contributed by atoms with Crippen LogP contribution in [0.1, 0.15) is 43.0 Å². The van der Waals surface area contributed by atoms with Gasteiger partial charge in [-0.25, -0.2) is 4.98 Å². The number of carbonyl (C=O) groups is 2. The van der Waals surface area contributed by atoms with Crippen molar-refractivity contribution in [1.29, 1.82) is 0 Å². The molecule has 21 heavy (non-hydrogen) atoms. The molecule has 1 aromatic heterocycles. The highest BCUT2D eigenvalue weighted by molar-refractivity contribution is 5.94. The van der Waals surface area contributed by atoms with Crippen molar-refractivity contribution in [1.82, 2.24) is 10.3 Å². The summed E-state index contributed by atoms with van der Waals surface area (Å²) in [5.74, 6) is -1.57. The van der Waals surface area contributed by atoms with E-state index in [1.54, 1.807) is 0 Å². The third-order valence-electron chi connectivity index (χ3n) is 4.26. The normalized spacial score (nSPS) is 25.3. The molecule has 1 aromatic rings. The SMILES string of the molecule is CC1CCC(CNC(=O)c2ccnc(F)c2)(C(=O)O)CC1. The van der Waals surface area contributed by atoms with E-state index >= 15 is 0 Å². The van der Waals surface area contributed by atoms with Crippen LogP contribution in [0.3, 0.4) is 0 Å². The van der Waals surface area contributed by atoms with Crippen molar-refractivity contribution in [2.24, 2.45) is 11.3 Å². The van der Waals surface area contributed by atoms with E-state index in [-0.39, 0.29) is 12.1 Å². The molecule has 2 rings (SSSR count). The Morgan fingerprint density at radius 3 is 2.71 bits per heavy atom. The summed E-state index contributed by atoms with van der Waals surface area (Å²) in [5, 5.41) is 12.1. The first-order valence-corrected chi connectivity index (χ1v) is 7.06. The first-order valence-electron chi connectivity index (χ1n) is 7.06. The fourth-order valence-electron chi connectivity index (χ4n) is 2.68. The van der Waals surface area contributed by atoms with Crippen molar-refractivity contribution in [2.45, 2.75) is 32.6 Å². The molecule has 0 bridgehead atoms. The van der Waals surface area contributed by atoms with Crippen LogP contribution in [0.25, 0.3) is 0 Å². The second-order valence-electron chi connectivity index (χ2n) is 5.82. The molecule has 0 saturated heterocycles. The van der Waals surface area contributed by atoms with Crippen LogP contribution in [-0.4, -0.2) is 28.5 Å². The van der Waals surface area contributed by atoms with E-state index in [2.05, 4.69) is 17.2 Å². The number of amides is 1. The molecule has 0 unspecified atom stereocenters. The summed E-state index contributed by atoms with van der Waals surface area (Å²) >= 11 is 0. The van der Waals surface area contributed by atoms with Crippen LogP contribution >= 0.6 is 0 Å². The summed E-state index contributed by atoms with van der Waals surface area (Å²) in [7, 11) is 0. The van der Waals surface area contributed by atoms with E-state index in [9.17, 15) is 19.1 Å². The lowest BCUT2D eigenvalue weighted by Gasteiger charge is -2.35. The fourth-order valence-corrected chi connectivity index (χ4v) is 2.68. The van der Waals surface area contributed by atoms with Crippen molar-refractivity contribution in [3.05, 3.63) is 29.8 Å². The van der Waals surface area contributed by atoms with Crippen LogP contribution in [0.5, 0.6) is 0 Å². The van der Waals surface area contributed by atoms with Crippen molar-refractivity contribution in [2.75, 3.05) is 6.54 Å². The van der Waals surface area contributed by atoms with Gasteiger partial charge in [-0.1, -0.05) is 6.92 Å². The number of nitrogens with one attached hydrogen (secondary N) is 1. The minimum atomic E-state index is -0.909. The van der Waals surface area contributed by atoms with Gasteiger partial charge in [0.15, 0.2) is 0 Å². The number of hydrogen-bond acceptors (Lipinski definition) is 3.